The predicted octanol–water partition coefficient (Wildman–Crippen LogP) is 3.43. The molecule has 0 spiro atoms. The lowest BCUT2D eigenvalue weighted by molar-refractivity contribution is -0.384. The van der Waals surface area contributed by atoms with Crippen molar-refractivity contribution in [2.24, 2.45) is 5.10 Å². The number of rotatable bonds is 6. The van der Waals surface area contributed by atoms with E-state index in [0.717, 1.165) is 0 Å². The summed E-state index contributed by atoms with van der Waals surface area (Å²) in [4.78, 5) is 21.7. The Kier molecular flexibility index (Phi) is 6.11. The Morgan fingerprint density at radius 2 is 2.08 bits per heavy atom. The molecule has 0 aromatic heterocycles. The van der Waals surface area contributed by atoms with E-state index in [1.807, 2.05) is 0 Å². The zero-order chi connectivity index (χ0) is 17.5. The molecule has 24 heavy (non-hydrogen) atoms. The van der Waals surface area contributed by atoms with Crippen LogP contribution in [0.15, 0.2) is 47.6 Å². The van der Waals surface area contributed by atoms with Gasteiger partial charge in [0.15, 0.2) is 6.61 Å². The van der Waals surface area contributed by atoms with E-state index in [9.17, 15) is 14.9 Å². The number of benzene rings is 2. The van der Waals surface area contributed by atoms with Crippen LogP contribution in [0.2, 0.25) is 10.0 Å². The Hall–Kier alpha value is -2.64. The van der Waals surface area contributed by atoms with E-state index in [0.29, 0.717) is 15.6 Å². The van der Waals surface area contributed by atoms with Gasteiger partial charge in [-0.25, -0.2) is 5.43 Å². The average Bonchev–Trinajstić information content (AvgIpc) is 2.55. The molecule has 0 bridgehead atoms. The molecule has 2 aromatic carbocycles. The summed E-state index contributed by atoms with van der Waals surface area (Å²) < 4.78 is 5.17. The molecule has 0 atom stereocenters. The minimum Gasteiger partial charge on any atom is -0.483 e. The van der Waals surface area contributed by atoms with Gasteiger partial charge in [-0.1, -0.05) is 35.3 Å². The topological polar surface area (TPSA) is 93.8 Å². The largest absolute Gasteiger partial charge is 0.483 e. The SMILES string of the molecule is O=C(COc1cccc([N+](=O)[O-])c1)NN=Cc1ccc(Cl)cc1Cl. The van der Waals surface area contributed by atoms with Crippen LogP contribution in [0.5, 0.6) is 5.75 Å². The van der Waals surface area contributed by atoms with E-state index in [1.165, 1.54) is 30.5 Å². The van der Waals surface area contributed by atoms with E-state index in [2.05, 4.69) is 10.5 Å². The lowest BCUT2D eigenvalue weighted by atomic mass is 10.2. The quantitative estimate of drug-likeness (QED) is 0.480. The first kappa shape index (κ1) is 17.7. The lowest BCUT2D eigenvalue weighted by Gasteiger charge is -2.04. The molecule has 124 valence electrons. The molecule has 0 fully saturated rings. The van der Waals surface area contributed by atoms with Gasteiger partial charge >= 0.3 is 0 Å². The van der Waals surface area contributed by atoms with Crippen LogP contribution in [0.1, 0.15) is 5.56 Å². The Morgan fingerprint density at radius 1 is 1.29 bits per heavy atom. The van der Waals surface area contributed by atoms with Crippen LogP contribution in [0.3, 0.4) is 0 Å². The summed E-state index contributed by atoms with van der Waals surface area (Å²) in [7, 11) is 0. The second-order valence-corrected chi connectivity index (χ2v) is 5.35. The molecule has 1 amide bonds. The number of hydrogen-bond acceptors (Lipinski definition) is 5. The summed E-state index contributed by atoms with van der Waals surface area (Å²) in [5.74, 6) is -0.313. The number of nitro benzene ring substituents is 1. The molecule has 1 N–H and O–H groups in total. The number of hydrazone groups is 1. The van der Waals surface area contributed by atoms with Crippen molar-refractivity contribution >= 4 is 41.0 Å². The van der Waals surface area contributed by atoms with Gasteiger partial charge in [-0.05, 0) is 18.2 Å². The lowest BCUT2D eigenvalue weighted by Crippen LogP contribution is -2.24. The van der Waals surface area contributed by atoms with Gasteiger partial charge in [-0.15, -0.1) is 0 Å². The molecule has 0 aliphatic carbocycles. The Morgan fingerprint density at radius 3 is 2.79 bits per heavy atom. The van der Waals surface area contributed by atoms with Gasteiger partial charge in [0.05, 0.1) is 22.2 Å². The van der Waals surface area contributed by atoms with Crippen molar-refractivity contribution in [3.05, 3.63) is 68.2 Å². The van der Waals surface area contributed by atoms with Crippen molar-refractivity contribution in [1.82, 2.24) is 5.43 Å². The van der Waals surface area contributed by atoms with Crippen LogP contribution in [0.4, 0.5) is 5.69 Å². The van der Waals surface area contributed by atoms with Crippen molar-refractivity contribution in [2.75, 3.05) is 6.61 Å². The van der Waals surface area contributed by atoms with Crippen molar-refractivity contribution in [3.63, 3.8) is 0 Å². The van der Waals surface area contributed by atoms with Gasteiger partial charge in [-0.2, -0.15) is 5.10 Å². The van der Waals surface area contributed by atoms with Gasteiger partial charge in [0.1, 0.15) is 5.75 Å². The number of hydrogen-bond donors (Lipinski definition) is 1. The standard InChI is InChI=1S/C15H11Cl2N3O4/c16-11-5-4-10(14(17)6-11)8-18-19-15(21)9-24-13-3-1-2-12(7-13)20(22)23/h1-8H,9H2,(H,19,21). The summed E-state index contributed by atoms with van der Waals surface area (Å²) in [6.07, 6.45) is 1.37. The normalized spacial score (nSPS) is 10.6. The number of ether oxygens (including phenoxy) is 1. The molecular weight excluding hydrogens is 357 g/mol. The number of carbonyl (C=O) groups excluding carboxylic acids is 1. The van der Waals surface area contributed by atoms with E-state index >= 15 is 0 Å². The van der Waals surface area contributed by atoms with Gasteiger partial charge in [-0.3, -0.25) is 14.9 Å². The Bertz CT molecular complexity index is 796. The molecule has 2 aromatic rings. The van der Waals surface area contributed by atoms with Gasteiger partial charge in [0, 0.05) is 16.7 Å². The molecule has 0 saturated heterocycles. The summed E-state index contributed by atoms with van der Waals surface area (Å²) in [5.41, 5.74) is 2.72. The fourth-order valence-electron chi connectivity index (χ4n) is 1.65. The van der Waals surface area contributed by atoms with Gasteiger partial charge in [0.25, 0.3) is 11.6 Å². The first-order chi connectivity index (χ1) is 11.5. The number of non-ortho nitro benzene ring substituents is 1. The number of nitrogens with one attached hydrogen (secondary N) is 1. The number of nitrogens with zero attached hydrogens (tertiary/aromatic N) is 2. The number of nitro groups is 1. The highest BCUT2D eigenvalue weighted by atomic mass is 35.5. The highest BCUT2D eigenvalue weighted by molar-refractivity contribution is 6.36. The minimum absolute atomic E-state index is 0.122. The zero-order valence-corrected chi connectivity index (χ0v) is 13.6. The first-order valence-corrected chi connectivity index (χ1v) is 7.35. The fraction of sp³-hybridized carbons (Fsp3) is 0.0667. The molecule has 0 aliphatic heterocycles. The molecule has 2 rings (SSSR count). The number of carbonyl (C=O) groups is 1. The highest BCUT2D eigenvalue weighted by Crippen LogP contribution is 2.20. The molecule has 0 aliphatic rings. The first-order valence-electron chi connectivity index (χ1n) is 6.60. The molecule has 0 heterocycles. The third-order valence-corrected chi connectivity index (χ3v) is 3.32. The van der Waals surface area contributed by atoms with E-state index in [1.54, 1.807) is 18.2 Å². The maximum Gasteiger partial charge on any atom is 0.277 e. The molecule has 9 heteroatoms. The molecule has 0 unspecified atom stereocenters. The maximum absolute atomic E-state index is 11.6. The van der Waals surface area contributed by atoms with Gasteiger partial charge < -0.3 is 4.74 Å². The minimum atomic E-state index is -0.549. The van der Waals surface area contributed by atoms with Crippen LogP contribution in [-0.4, -0.2) is 23.7 Å². The predicted molar refractivity (Wildman–Crippen MR) is 90.8 cm³/mol. The summed E-state index contributed by atoms with van der Waals surface area (Å²) in [5, 5.41) is 15.3. The van der Waals surface area contributed by atoms with Crippen molar-refractivity contribution < 1.29 is 14.5 Å². The third-order valence-electron chi connectivity index (χ3n) is 2.75. The summed E-state index contributed by atoms with van der Waals surface area (Å²) in [6.45, 7) is -0.340. The molecule has 7 nitrogen and oxygen atoms in total. The van der Waals surface area contributed by atoms with Crippen LogP contribution in [-0.2, 0) is 4.79 Å². The monoisotopic (exact) mass is 367 g/mol. The van der Waals surface area contributed by atoms with Crippen LogP contribution in [0, 0.1) is 10.1 Å². The number of halogens is 2. The zero-order valence-electron chi connectivity index (χ0n) is 12.1. The van der Waals surface area contributed by atoms with Crippen LogP contribution in [0.25, 0.3) is 0 Å². The third kappa shape index (κ3) is 5.22. The van der Waals surface area contributed by atoms with E-state index in [-0.39, 0.29) is 18.0 Å². The second-order valence-electron chi connectivity index (χ2n) is 4.50. The highest BCUT2D eigenvalue weighted by Gasteiger charge is 2.08. The Balaban J connectivity index is 1.86. The van der Waals surface area contributed by atoms with Crippen molar-refractivity contribution in [1.29, 1.82) is 0 Å². The maximum atomic E-state index is 11.6. The summed E-state index contributed by atoms with van der Waals surface area (Å²) in [6, 6.07) is 10.4. The van der Waals surface area contributed by atoms with Crippen LogP contribution >= 0.6 is 23.2 Å². The van der Waals surface area contributed by atoms with Crippen LogP contribution < -0.4 is 10.2 Å². The second kappa shape index (κ2) is 8.28. The Labute approximate surface area is 147 Å². The van der Waals surface area contributed by atoms with E-state index < -0.39 is 10.8 Å². The number of amides is 1. The molecular formula is C15H11Cl2N3O4. The molecule has 0 saturated carbocycles. The smallest absolute Gasteiger partial charge is 0.277 e. The van der Waals surface area contributed by atoms with Crippen molar-refractivity contribution in [2.45, 2.75) is 0 Å². The summed E-state index contributed by atoms with van der Waals surface area (Å²) >= 11 is 11.7. The van der Waals surface area contributed by atoms with E-state index in [4.69, 9.17) is 27.9 Å². The van der Waals surface area contributed by atoms with Crippen molar-refractivity contribution in [3.8, 4) is 5.75 Å². The fourth-order valence-corrected chi connectivity index (χ4v) is 2.11. The average molecular weight is 368 g/mol. The molecule has 0 radical (unpaired) electrons. The van der Waals surface area contributed by atoms with Gasteiger partial charge in [0.2, 0.25) is 0 Å².